The molecular weight excluding hydrogens is 316 g/mol. The van der Waals surface area contributed by atoms with Gasteiger partial charge in [0.25, 0.3) is 0 Å². The van der Waals surface area contributed by atoms with E-state index in [-0.39, 0.29) is 12.4 Å². The molecule has 0 saturated heterocycles. The molecular formula is C21H16O4. The van der Waals surface area contributed by atoms with Crippen LogP contribution in [0.5, 0.6) is 11.5 Å². The van der Waals surface area contributed by atoms with E-state index in [2.05, 4.69) is 0 Å². The van der Waals surface area contributed by atoms with Gasteiger partial charge in [-0.3, -0.25) is 4.79 Å². The number of esters is 1. The van der Waals surface area contributed by atoms with Crippen molar-refractivity contribution in [3.8, 4) is 11.5 Å². The molecule has 0 aliphatic carbocycles. The first-order chi connectivity index (χ1) is 12.2. The van der Waals surface area contributed by atoms with Crippen LogP contribution in [-0.2, 0) is 4.79 Å². The number of carbonyl (C=O) groups is 2. The van der Waals surface area contributed by atoms with Gasteiger partial charge in [-0.05, 0) is 36.4 Å². The van der Waals surface area contributed by atoms with Crippen molar-refractivity contribution in [2.24, 2.45) is 0 Å². The first kappa shape index (κ1) is 16.5. The van der Waals surface area contributed by atoms with Crippen molar-refractivity contribution in [1.29, 1.82) is 0 Å². The molecule has 0 aromatic heterocycles. The summed E-state index contributed by atoms with van der Waals surface area (Å²) in [5.74, 6) is 0.417. The molecule has 0 aliphatic heterocycles. The van der Waals surface area contributed by atoms with E-state index in [0.717, 1.165) is 0 Å². The molecule has 0 radical (unpaired) electrons. The average molecular weight is 332 g/mol. The summed E-state index contributed by atoms with van der Waals surface area (Å²) >= 11 is 0. The lowest BCUT2D eigenvalue weighted by atomic mass is 10.0. The minimum Gasteiger partial charge on any atom is -0.482 e. The lowest BCUT2D eigenvalue weighted by molar-refractivity contribution is -0.136. The summed E-state index contributed by atoms with van der Waals surface area (Å²) in [7, 11) is 0. The van der Waals surface area contributed by atoms with Crippen molar-refractivity contribution in [1.82, 2.24) is 0 Å². The molecule has 4 nitrogen and oxygen atoms in total. The molecule has 0 saturated carbocycles. The van der Waals surface area contributed by atoms with Crippen molar-refractivity contribution in [3.63, 3.8) is 0 Å². The number of hydrogen-bond donors (Lipinski definition) is 0. The number of para-hydroxylation sites is 1. The number of ketones is 1. The molecule has 0 heterocycles. The molecule has 0 aliphatic rings. The van der Waals surface area contributed by atoms with E-state index < -0.39 is 5.97 Å². The largest absolute Gasteiger partial charge is 0.482 e. The third-order valence-corrected chi connectivity index (χ3v) is 3.48. The minimum absolute atomic E-state index is 0.0596. The summed E-state index contributed by atoms with van der Waals surface area (Å²) in [6.45, 7) is -0.207. The predicted molar refractivity (Wildman–Crippen MR) is 93.9 cm³/mol. The zero-order valence-electron chi connectivity index (χ0n) is 13.4. The van der Waals surface area contributed by atoms with Gasteiger partial charge in [0.1, 0.15) is 11.5 Å². The quantitative estimate of drug-likeness (QED) is 0.390. The molecule has 124 valence electrons. The first-order valence-corrected chi connectivity index (χ1v) is 7.81. The summed E-state index contributed by atoms with van der Waals surface area (Å²) in [6.07, 6.45) is 0. The fourth-order valence-electron chi connectivity index (χ4n) is 2.25. The highest BCUT2D eigenvalue weighted by molar-refractivity contribution is 6.08. The number of hydrogen-bond acceptors (Lipinski definition) is 4. The average Bonchev–Trinajstić information content (AvgIpc) is 2.68. The van der Waals surface area contributed by atoms with E-state index in [1.54, 1.807) is 60.7 Å². The Morgan fingerprint density at radius 2 is 1.20 bits per heavy atom. The maximum atomic E-state index is 12.3. The normalized spacial score (nSPS) is 10.1. The minimum atomic E-state index is -0.490. The zero-order chi connectivity index (χ0) is 17.5. The van der Waals surface area contributed by atoms with Crippen molar-refractivity contribution in [2.75, 3.05) is 6.61 Å². The van der Waals surface area contributed by atoms with Crippen molar-refractivity contribution >= 4 is 11.8 Å². The lowest BCUT2D eigenvalue weighted by Crippen LogP contribution is -2.17. The molecule has 3 rings (SSSR count). The molecule has 25 heavy (non-hydrogen) atoms. The van der Waals surface area contributed by atoms with Crippen LogP contribution in [0.1, 0.15) is 15.9 Å². The Balaban J connectivity index is 1.56. The smallest absolute Gasteiger partial charge is 0.349 e. The molecule has 0 spiro atoms. The second kappa shape index (κ2) is 7.93. The second-order valence-corrected chi connectivity index (χ2v) is 5.30. The van der Waals surface area contributed by atoms with E-state index in [1.807, 2.05) is 24.3 Å². The van der Waals surface area contributed by atoms with Gasteiger partial charge in [0.05, 0.1) is 0 Å². The summed E-state index contributed by atoms with van der Waals surface area (Å²) in [6, 6.07) is 24.5. The van der Waals surface area contributed by atoms with Gasteiger partial charge in [0, 0.05) is 11.1 Å². The van der Waals surface area contributed by atoms with E-state index in [0.29, 0.717) is 22.6 Å². The highest BCUT2D eigenvalue weighted by atomic mass is 16.6. The molecule has 0 bridgehead atoms. The van der Waals surface area contributed by atoms with E-state index >= 15 is 0 Å². The second-order valence-electron chi connectivity index (χ2n) is 5.30. The molecule has 0 N–H and O–H groups in total. The lowest BCUT2D eigenvalue weighted by Gasteiger charge is -2.07. The Morgan fingerprint density at radius 1 is 0.640 bits per heavy atom. The Bertz CT molecular complexity index is 840. The van der Waals surface area contributed by atoms with Gasteiger partial charge < -0.3 is 9.47 Å². The van der Waals surface area contributed by atoms with Gasteiger partial charge in [0.2, 0.25) is 0 Å². The van der Waals surface area contributed by atoms with Gasteiger partial charge in [-0.15, -0.1) is 0 Å². The Hall–Kier alpha value is -3.40. The van der Waals surface area contributed by atoms with Crippen molar-refractivity contribution in [3.05, 3.63) is 96.1 Å². The van der Waals surface area contributed by atoms with Crippen LogP contribution < -0.4 is 9.47 Å². The summed E-state index contributed by atoms with van der Waals surface area (Å²) in [4.78, 5) is 24.1. The van der Waals surface area contributed by atoms with E-state index in [9.17, 15) is 9.59 Å². The molecule has 0 fully saturated rings. The first-order valence-electron chi connectivity index (χ1n) is 7.81. The van der Waals surface area contributed by atoms with Crippen LogP contribution in [-0.4, -0.2) is 18.4 Å². The number of carbonyl (C=O) groups excluding carboxylic acids is 2. The molecule has 0 amide bonds. The Kier molecular flexibility index (Phi) is 5.22. The van der Waals surface area contributed by atoms with Crippen LogP contribution in [0.4, 0.5) is 0 Å². The monoisotopic (exact) mass is 332 g/mol. The maximum Gasteiger partial charge on any atom is 0.349 e. The van der Waals surface area contributed by atoms with Crippen LogP contribution in [0, 0.1) is 0 Å². The molecule has 0 unspecified atom stereocenters. The summed E-state index contributed by atoms with van der Waals surface area (Å²) < 4.78 is 10.5. The van der Waals surface area contributed by atoms with Crippen LogP contribution in [0.2, 0.25) is 0 Å². The molecule has 4 heteroatoms. The Labute approximate surface area is 145 Å². The van der Waals surface area contributed by atoms with Crippen molar-refractivity contribution < 1.29 is 19.1 Å². The summed E-state index contributed by atoms with van der Waals surface area (Å²) in [5.41, 5.74) is 1.19. The molecule has 3 aromatic rings. The van der Waals surface area contributed by atoms with Crippen molar-refractivity contribution in [2.45, 2.75) is 0 Å². The van der Waals surface area contributed by atoms with Crippen LogP contribution in [0.3, 0.4) is 0 Å². The fourth-order valence-corrected chi connectivity index (χ4v) is 2.25. The summed E-state index contributed by atoms with van der Waals surface area (Å²) in [5, 5.41) is 0. The third kappa shape index (κ3) is 4.54. The van der Waals surface area contributed by atoms with Gasteiger partial charge in [-0.2, -0.15) is 0 Å². The highest BCUT2D eigenvalue weighted by Crippen LogP contribution is 2.16. The van der Waals surface area contributed by atoms with Crippen LogP contribution in [0.25, 0.3) is 0 Å². The Morgan fingerprint density at radius 3 is 1.84 bits per heavy atom. The van der Waals surface area contributed by atoms with Crippen LogP contribution >= 0.6 is 0 Å². The third-order valence-electron chi connectivity index (χ3n) is 3.48. The van der Waals surface area contributed by atoms with E-state index in [4.69, 9.17) is 9.47 Å². The van der Waals surface area contributed by atoms with Gasteiger partial charge in [-0.25, -0.2) is 4.79 Å². The SMILES string of the molecule is O=C(COc1ccc(C(=O)c2ccccc2)cc1)Oc1ccccc1. The molecule has 0 atom stereocenters. The topological polar surface area (TPSA) is 52.6 Å². The van der Waals surface area contributed by atoms with Gasteiger partial charge >= 0.3 is 5.97 Å². The van der Waals surface area contributed by atoms with Gasteiger partial charge in [-0.1, -0.05) is 48.5 Å². The maximum absolute atomic E-state index is 12.3. The number of benzene rings is 3. The molecule has 3 aromatic carbocycles. The van der Waals surface area contributed by atoms with Gasteiger partial charge in [0.15, 0.2) is 12.4 Å². The fraction of sp³-hybridized carbons (Fsp3) is 0.0476. The standard InChI is InChI=1S/C21H16O4/c22-20(25-19-9-5-2-6-10-19)15-24-18-13-11-17(12-14-18)21(23)16-7-3-1-4-8-16/h1-14H,15H2. The van der Waals surface area contributed by atoms with E-state index in [1.165, 1.54) is 0 Å². The highest BCUT2D eigenvalue weighted by Gasteiger charge is 2.09. The van der Waals surface area contributed by atoms with Crippen LogP contribution in [0.15, 0.2) is 84.9 Å². The number of rotatable bonds is 6. The predicted octanol–water partition coefficient (Wildman–Crippen LogP) is 3.90. The number of ether oxygens (including phenoxy) is 2. The zero-order valence-corrected chi connectivity index (χ0v) is 13.4.